The van der Waals surface area contributed by atoms with Crippen LogP contribution in [0.4, 0.5) is 5.69 Å². The number of fused-ring (bicyclic) bond motifs is 1. The lowest BCUT2D eigenvalue weighted by atomic mass is 9.97. The van der Waals surface area contributed by atoms with Gasteiger partial charge in [-0.3, -0.25) is 0 Å². The first-order valence-corrected chi connectivity index (χ1v) is 6.73. The second kappa shape index (κ2) is 5.12. The Morgan fingerprint density at radius 2 is 2.29 bits per heavy atom. The quantitative estimate of drug-likeness (QED) is 0.934. The van der Waals surface area contributed by atoms with Crippen molar-refractivity contribution in [1.29, 1.82) is 0 Å². The number of aromatic carboxylic acids is 1. The van der Waals surface area contributed by atoms with Crippen molar-refractivity contribution in [3.8, 4) is 17.1 Å². The van der Waals surface area contributed by atoms with E-state index in [1.807, 2.05) is 19.2 Å². The van der Waals surface area contributed by atoms with Gasteiger partial charge in [0.25, 0.3) is 0 Å². The molecule has 110 valence electrons. The van der Waals surface area contributed by atoms with E-state index in [0.29, 0.717) is 5.76 Å². The van der Waals surface area contributed by atoms with E-state index in [4.69, 9.17) is 14.4 Å². The van der Waals surface area contributed by atoms with Crippen molar-refractivity contribution in [2.45, 2.75) is 12.8 Å². The van der Waals surface area contributed by atoms with E-state index in [9.17, 15) is 4.79 Å². The van der Waals surface area contributed by atoms with Crippen molar-refractivity contribution in [2.75, 3.05) is 25.6 Å². The summed E-state index contributed by atoms with van der Waals surface area (Å²) in [6, 6.07) is 5.31. The van der Waals surface area contributed by atoms with E-state index in [2.05, 4.69) is 10.1 Å². The summed E-state index contributed by atoms with van der Waals surface area (Å²) < 4.78 is 10.7. The van der Waals surface area contributed by atoms with Crippen molar-refractivity contribution < 1.29 is 19.2 Å². The number of rotatable bonds is 3. The summed E-state index contributed by atoms with van der Waals surface area (Å²) in [7, 11) is 3.66. The van der Waals surface area contributed by atoms with Gasteiger partial charge in [0.1, 0.15) is 5.75 Å². The van der Waals surface area contributed by atoms with Crippen molar-refractivity contribution in [2.24, 2.45) is 0 Å². The molecule has 2 aromatic rings. The third kappa shape index (κ3) is 2.22. The molecule has 3 rings (SSSR count). The zero-order valence-corrected chi connectivity index (χ0v) is 11.9. The van der Waals surface area contributed by atoms with Crippen LogP contribution in [0.3, 0.4) is 0 Å². The fourth-order valence-electron chi connectivity index (χ4n) is 2.76. The molecule has 6 heteroatoms. The number of carbonyl (C=O) groups is 1. The van der Waals surface area contributed by atoms with Crippen LogP contribution in [0.25, 0.3) is 11.3 Å². The number of nitrogens with zero attached hydrogens (tertiary/aromatic N) is 2. The average Bonchev–Trinajstić information content (AvgIpc) is 2.96. The molecular weight excluding hydrogens is 272 g/mol. The van der Waals surface area contributed by atoms with Gasteiger partial charge in [0.2, 0.25) is 0 Å². The zero-order valence-electron chi connectivity index (χ0n) is 11.9. The largest absolute Gasteiger partial charge is 0.496 e. The van der Waals surface area contributed by atoms with Crippen LogP contribution >= 0.6 is 0 Å². The summed E-state index contributed by atoms with van der Waals surface area (Å²) in [6.45, 7) is 1.01. The van der Waals surface area contributed by atoms with Gasteiger partial charge in [-0.05, 0) is 25.0 Å². The van der Waals surface area contributed by atoms with E-state index < -0.39 is 5.97 Å². The number of ether oxygens (including phenoxy) is 1. The molecule has 0 spiro atoms. The average molecular weight is 288 g/mol. The van der Waals surface area contributed by atoms with Crippen LogP contribution in [0, 0.1) is 0 Å². The van der Waals surface area contributed by atoms with Crippen molar-refractivity contribution in [3.05, 3.63) is 29.5 Å². The first-order chi connectivity index (χ1) is 10.1. The molecule has 6 nitrogen and oxygen atoms in total. The number of benzene rings is 1. The molecule has 1 N–H and O–H groups in total. The van der Waals surface area contributed by atoms with Crippen LogP contribution < -0.4 is 9.64 Å². The Hall–Kier alpha value is -2.50. The second-order valence-electron chi connectivity index (χ2n) is 5.05. The minimum Gasteiger partial charge on any atom is -0.496 e. The molecule has 1 aliphatic heterocycles. The SMILES string of the molecule is COc1c(-c2cc(C(=O)O)no2)ccc2c1CCCN2C. The molecule has 0 radical (unpaired) electrons. The fraction of sp³-hybridized carbons (Fsp3) is 0.333. The second-order valence-corrected chi connectivity index (χ2v) is 5.05. The summed E-state index contributed by atoms with van der Waals surface area (Å²) in [5, 5.41) is 12.5. The van der Waals surface area contributed by atoms with E-state index in [1.165, 1.54) is 6.07 Å². The van der Waals surface area contributed by atoms with Crippen LogP contribution in [0.15, 0.2) is 22.7 Å². The highest BCUT2D eigenvalue weighted by Gasteiger charge is 2.23. The Kier molecular flexibility index (Phi) is 3.29. The molecule has 0 unspecified atom stereocenters. The molecule has 0 saturated heterocycles. The van der Waals surface area contributed by atoms with Gasteiger partial charge in [-0.1, -0.05) is 5.16 Å². The fourth-order valence-corrected chi connectivity index (χ4v) is 2.76. The number of anilines is 1. The number of hydrogen-bond donors (Lipinski definition) is 1. The first-order valence-electron chi connectivity index (χ1n) is 6.73. The minimum absolute atomic E-state index is 0.109. The molecule has 1 aliphatic rings. The predicted molar refractivity (Wildman–Crippen MR) is 77.0 cm³/mol. The number of carboxylic acids is 1. The third-order valence-corrected chi connectivity index (χ3v) is 3.77. The Morgan fingerprint density at radius 3 is 2.95 bits per heavy atom. The summed E-state index contributed by atoms with van der Waals surface area (Å²) in [4.78, 5) is 13.1. The van der Waals surface area contributed by atoms with Crippen LogP contribution in [0.2, 0.25) is 0 Å². The van der Waals surface area contributed by atoms with Crippen molar-refractivity contribution in [3.63, 3.8) is 0 Å². The van der Waals surface area contributed by atoms with Gasteiger partial charge >= 0.3 is 5.97 Å². The Morgan fingerprint density at radius 1 is 1.48 bits per heavy atom. The van der Waals surface area contributed by atoms with Gasteiger partial charge in [0, 0.05) is 30.9 Å². The van der Waals surface area contributed by atoms with Crippen molar-refractivity contribution in [1.82, 2.24) is 5.16 Å². The minimum atomic E-state index is -1.11. The Balaban J connectivity index is 2.12. The summed E-state index contributed by atoms with van der Waals surface area (Å²) in [6.07, 6.45) is 1.98. The lowest BCUT2D eigenvalue weighted by Gasteiger charge is -2.29. The van der Waals surface area contributed by atoms with Crippen molar-refractivity contribution >= 4 is 11.7 Å². The van der Waals surface area contributed by atoms with Gasteiger partial charge in [-0.15, -0.1) is 0 Å². The number of methoxy groups -OCH3 is 1. The van der Waals surface area contributed by atoms with Gasteiger partial charge in [0.05, 0.1) is 12.7 Å². The molecule has 0 saturated carbocycles. The molecule has 0 aliphatic carbocycles. The molecule has 0 bridgehead atoms. The summed E-state index contributed by atoms with van der Waals surface area (Å²) >= 11 is 0. The van der Waals surface area contributed by atoms with E-state index >= 15 is 0 Å². The number of aromatic nitrogens is 1. The molecule has 21 heavy (non-hydrogen) atoms. The molecule has 1 aromatic carbocycles. The normalized spacial score (nSPS) is 13.9. The summed E-state index contributed by atoms with van der Waals surface area (Å²) in [5.74, 6) is 0.0223. The van der Waals surface area contributed by atoms with Crippen LogP contribution in [0.1, 0.15) is 22.5 Å². The van der Waals surface area contributed by atoms with Crippen LogP contribution in [-0.4, -0.2) is 36.9 Å². The van der Waals surface area contributed by atoms with Crippen LogP contribution in [-0.2, 0) is 6.42 Å². The van der Waals surface area contributed by atoms with Gasteiger partial charge in [0.15, 0.2) is 11.5 Å². The van der Waals surface area contributed by atoms with Gasteiger partial charge < -0.3 is 19.3 Å². The zero-order chi connectivity index (χ0) is 15.0. The highest BCUT2D eigenvalue weighted by Crippen LogP contribution is 2.41. The Labute approximate surface area is 121 Å². The molecule has 2 heterocycles. The smallest absolute Gasteiger partial charge is 0.358 e. The standard InChI is InChI=1S/C15H16N2O4/c1-17-7-3-4-9-12(17)6-5-10(14(9)20-2)13-8-11(15(18)19)16-21-13/h5-6,8H,3-4,7H2,1-2H3,(H,18,19). The number of carboxylic acid groups (broad SMARTS) is 1. The topological polar surface area (TPSA) is 75.8 Å². The molecular formula is C15H16N2O4. The van der Waals surface area contributed by atoms with E-state index in [0.717, 1.165) is 42.0 Å². The highest BCUT2D eigenvalue weighted by molar-refractivity contribution is 5.87. The van der Waals surface area contributed by atoms with E-state index in [1.54, 1.807) is 7.11 Å². The lowest BCUT2D eigenvalue weighted by Crippen LogP contribution is -2.25. The highest BCUT2D eigenvalue weighted by atomic mass is 16.5. The maximum atomic E-state index is 10.9. The molecule has 0 amide bonds. The third-order valence-electron chi connectivity index (χ3n) is 3.77. The Bertz CT molecular complexity index is 693. The first kappa shape index (κ1) is 13.5. The maximum Gasteiger partial charge on any atom is 0.358 e. The predicted octanol–water partition coefficient (Wildman–Crippen LogP) is 2.43. The summed E-state index contributed by atoms with van der Waals surface area (Å²) in [5.41, 5.74) is 2.88. The maximum absolute atomic E-state index is 10.9. The van der Waals surface area contributed by atoms with Crippen LogP contribution in [0.5, 0.6) is 5.75 Å². The number of hydrogen-bond acceptors (Lipinski definition) is 5. The molecule has 0 atom stereocenters. The molecule has 1 aromatic heterocycles. The van der Waals surface area contributed by atoms with Gasteiger partial charge in [-0.25, -0.2) is 4.79 Å². The lowest BCUT2D eigenvalue weighted by molar-refractivity contribution is 0.0686. The monoisotopic (exact) mass is 288 g/mol. The van der Waals surface area contributed by atoms with Gasteiger partial charge in [-0.2, -0.15) is 0 Å². The van der Waals surface area contributed by atoms with E-state index in [-0.39, 0.29) is 5.69 Å². The molecule has 0 fully saturated rings.